The normalized spacial score (nSPS) is 39.6. The zero-order valence-electron chi connectivity index (χ0n) is 13.2. The third kappa shape index (κ3) is 2.83. The summed E-state index contributed by atoms with van der Waals surface area (Å²) in [6.45, 7) is 0.851. The molecule has 2 saturated carbocycles. The molecule has 2 fully saturated rings. The topological polar surface area (TPSA) is 72.8 Å². The highest BCUT2D eigenvalue weighted by Crippen LogP contribution is 2.65. The Morgan fingerprint density at radius 1 is 1.43 bits per heavy atom. The molecule has 4 unspecified atom stereocenters. The maximum absolute atomic E-state index is 13.2. The molecule has 0 amide bonds. The minimum Gasteiger partial charge on any atom is -0.374 e. The molecule has 3 aliphatic carbocycles. The van der Waals surface area contributed by atoms with Gasteiger partial charge in [-0.2, -0.15) is 17.2 Å². The second-order valence-corrected chi connectivity index (χ2v) is 8.99. The minimum atomic E-state index is -5.43. The number of ether oxygens (including phenoxy) is 2. The van der Waals surface area contributed by atoms with Crippen LogP contribution in [0.3, 0.4) is 0 Å². The van der Waals surface area contributed by atoms with E-state index < -0.39 is 22.0 Å². The molecule has 0 saturated heterocycles. The van der Waals surface area contributed by atoms with Gasteiger partial charge in [0.15, 0.2) is 0 Å². The maximum Gasteiger partial charge on any atom is 0.392 e. The summed E-state index contributed by atoms with van der Waals surface area (Å²) in [5.74, 6) is 0.760. The van der Waals surface area contributed by atoms with Crippen LogP contribution in [0, 0.1) is 17.3 Å². The van der Waals surface area contributed by atoms with Gasteiger partial charge in [0.25, 0.3) is 0 Å². The largest absolute Gasteiger partial charge is 0.392 e. The number of allylic oxidation sites excluding steroid dienone is 1. The highest BCUT2D eigenvalue weighted by Gasteiger charge is 2.59. The minimum absolute atomic E-state index is 0.0975. The highest BCUT2D eigenvalue weighted by molar-refractivity contribution is 7.86. The molecule has 0 radical (unpaired) electrons. The Hall–Kier alpha value is -0.570. The van der Waals surface area contributed by atoms with Crippen molar-refractivity contribution in [3.8, 4) is 0 Å². The first kappa shape index (κ1) is 17.3. The summed E-state index contributed by atoms with van der Waals surface area (Å²) in [7, 11) is -3.74. The molecule has 3 aliphatic rings. The van der Waals surface area contributed by atoms with Crippen LogP contribution in [0.1, 0.15) is 32.6 Å². The predicted molar refractivity (Wildman–Crippen MR) is 78.7 cm³/mol. The smallest absolute Gasteiger partial charge is 0.374 e. The zero-order chi connectivity index (χ0) is 17.1. The van der Waals surface area contributed by atoms with Crippen molar-refractivity contribution >= 4 is 10.1 Å². The Kier molecular flexibility index (Phi) is 3.91. The van der Waals surface area contributed by atoms with Gasteiger partial charge >= 0.3 is 15.4 Å². The second-order valence-electron chi connectivity index (χ2n) is 7.44. The van der Waals surface area contributed by atoms with Crippen molar-refractivity contribution in [3.05, 3.63) is 11.6 Å². The number of fused-ring (bicyclic) bond motifs is 1. The van der Waals surface area contributed by atoms with E-state index in [1.165, 1.54) is 5.57 Å². The van der Waals surface area contributed by atoms with Gasteiger partial charge in [0.2, 0.25) is 0 Å². The van der Waals surface area contributed by atoms with E-state index in [0.717, 1.165) is 25.7 Å². The van der Waals surface area contributed by atoms with E-state index in [2.05, 4.69) is 13.0 Å². The van der Waals surface area contributed by atoms with Gasteiger partial charge < -0.3 is 9.47 Å². The molecule has 132 valence electrons. The Morgan fingerprint density at radius 3 is 2.74 bits per heavy atom. The Balaban J connectivity index is 1.65. The van der Waals surface area contributed by atoms with Gasteiger partial charge in [-0.15, -0.1) is 0 Å². The molecule has 0 aromatic rings. The van der Waals surface area contributed by atoms with Crippen molar-refractivity contribution in [1.29, 1.82) is 0 Å². The third-order valence-electron chi connectivity index (χ3n) is 5.70. The van der Waals surface area contributed by atoms with Crippen LogP contribution in [0.25, 0.3) is 0 Å². The van der Waals surface area contributed by atoms with Crippen molar-refractivity contribution in [3.63, 3.8) is 0 Å². The van der Waals surface area contributed by atoms with Crippen LogP contribution in [-0.2, 0) is 19.6 Å². The van der Waals surface area contributed by atoms with E-state index in [4.69, 9.17) is 14.0 Å². The van der Waals surface area contributed by atoms with Gasteiger partial charge in [-0.3, -0.25) is 4.55 Å². The van der Waals surface area contributed by atoms with Gasteiger partial charge in [0.1, 0.15) is 6.61 Å². The summed E-state index contributed by atoms with van der Waals surface area (Å²) in [5, 5.41) is -4.26. The number of halogens is 2. The lowest BCUT2D eigenvalue weighted by atomic mass is 9.58. The van der Waals surface area contributed by atoms with E-state index in [-0.39, 0.29) is 17.6 Å². The Morgan fingerprint density at radius 2 is 2.13 bits per heavy atom. The van der Waals surface area contributed by atoms with Crippen LogP contribution in [-0.4, -0.2) is 44.1 Å². The van der Waals surface area contributed by atoms with Crippen LogP contribution < -0.4 is 0 Å². The summed E-state index contributed by atoms with van der Waals surface area (Å²) in [5.41, 5.74) is 0.862. The molecule has 0 aromatic heterocycles. The van der Waals surface area contributed by atoms with Crippen LogP contribution >= 0.6 is 0 Å². The maximum atomic E-state index is 13.2. The van der Waals surface area contributed by atoms with Crippen molar-refractivity contribution in [1.82, 2.24) is 0 Å². The lowest BCUT2D eigenvalue weighted by molar-refractivity contribution is -0.0697. The van der Waals surface area contributed by atoms with Crippen LogP contribution in [0.15, 0.2) is 11.6 Å². The standard InChI is InChI=1S/C15H22F2O5S/c1-13(21-2)4-10-3-12-11(6-13)7-14(12,5-10)8-22-9-15(16,17)23(18,19)20/h6,10,12H,3-5,7-9H2,1-2H3,(H,18,19,20). The molecular weight excluding hydrogens is 330 g/mol. The average molecular weight is 352 g/mol. The predicted octanol–water partition coefficient (Wildman–Crippen LogP) is 2.64. The molecule has 0 aliphatic heterocycles. The van der Waals surface area contributed by atoms with Crippen molar-refractivity contribution < 1.29 is 31.2 Å². The molecule has 2 bridgehead atoms. The lowest BCUT2D eigenvalue weighted by Crippen LogP contribution is -2.45. The average Bonchev–Trinajstić information content (AvgIpc) is 2.59. The number of hydrogen-bond acceptors (Lipinski definition) is 4. The number of rotatable bonds is 6. The molecule has 0 heterocycles. The molecular formula is C15H22F2O5S. The van der Waals surface area contributed by atoms with Gasteiger partial charge in [-0.25, -0.2) is 0 Å². The van der Waals surface area contributed by atoms with Crippen LogP contribution in [0.5, 0.6) is 0 Å². The first-order valence-electron chi connectivity index (χ1n) is 7.70. The number of methoxy groups -OCH3 is 1. The molecule has 23 heavy (non-hydrogen) atoms. The van der Waals surface area contributed by atoms with E-state index >= 15 is 0 Å². The molecule has 0 aromatic carbocycles. The lowest BCUT2D eigenvalue weighted by Gasteiger charge is -2.49. The van der Waals surface area contributed by atoms with E-state index in [9.17, 15) is 17.2 Å². The monoisotopic (exact) mass is 352 g/mol. The highest BCUT2D eigenvalue weighted by atomic mass is 32.2. The Bertz CT molecular complexity index is 632. The number of alkyl halides is 2. The van der Waals surface area contributed by atoms with Gasteiger partial charge in [0.05, 0.1) is 12.2 Å². The van der Waals surface area contributed by atoms with E-state index in [1.54, 1.807) is 7.11 Å². The zero-order valence-corrected chi connectivity index (χ0v) is 14.0. The molecule has 0 spiro atoms. The quantitative estimate of drug-likeness (QED) is 0.588. The first-order valence-corrected chi connectivity index (χ1v) is 9.14. The van der Waals surface area contributed by atoms with E-state index in [1.807, 2.05) is 0 Å². The molecule has 3 rings (SSSR count). The summed E-state index contributed by atoms with van der Waals surface area (Å²) < 4.78 is 66.8. The van der Waals surface area contributed by atoms with Crippen LogP contribution in [0.2, 0.25) is 0 Å². The van der Waals surface area contributed by atoms with Gasteiger partial charge in [-0.1, -0.05) is 11.6 Å². The number of hydrogen-bond donors (Lipinski definition) is 1. The molecule has 5 nitrogen and oxygen atoms in total. The van der Waals surface area contributed by atoms with Gasteiger partial charge in [0, 0.05) is 12.5 Å². The second kappa shape index (κ2) is 5.21. The molecule has 1 N–H and O–H groups in total. The van der Waals surface area contributed by atoms with Crippen molar-refractivity contribution in [2.45, 2.75) is 43.5 Å². The first-order chi connectivity index (χ1) is 10.5. The summed E-state index contributed by atoms with van der Waals surface area (Å²) in [6.07, 6.45) is 5.72. The fourth-order valence-corrected chi connectivity index (χ4v) is 4.89. The van der Waals surface area contributed by atoms with E-state index in [0.29, 0.717) is 11.8 Å². The summed E-state index contributed by atoms with van der Waals surface area (Å²) >= 11 is 0. The van der Waals surface area contributed by atoms with Crippen molar-refractivity contribution in [2.24, 2.45) is 17.3 Å². The van der Waals surface area contributed by atoms with Crippen molar-refractivity contribution in [2.75, 3.05) is 20.3 Å². The molecule has 4 atom stereocenters. The van der Waals surface area contributed by atoms with Crippen LogP contribution in [0.4, 0.5) is 8.78 Å². The fraction of sp³-hybridized carbons (Fsp3) is 0.867. The summed E-state index contributed by atoms with van der Waals surface area (Å²) in [6, 6.07) is 0. The Labute approximate surface area is 134 Å². The fourth-order valence-electron chi connectivity index (χ4n) is 4.65. The SMILES string of the molecule is COC1(C)C=C2CC3(COCC(F)(F)S(=O)(=O)O)CC(CC23)C1. The third-order valence-corrected chi connectivity index (χ3v) is 6.57. The molecule has 8 heteroatoms. The summed E-state index contributed by atoms with van der Waals surface area (Å²) in [4.78, 5) is 0. The van der Waals surface area contributed by atoms with Gasteiger partial charge in [-0.05, 0) is 44.4 Å².